The topological polar surface area (TPSA) is 41.0 Å². The van der Waals surface area contributed by atoms with Gasteiger partial charge in [-0.3, -0.25) is 0 Å². The van der Waals surface area contributed by atoms with Gasteiger partial charge in [0.25, 0.3) is 0 Å². The lowest BCUT2D eigenvalue weighted by Gasteiger charge is -2.28. The number of fused-ring (bicyclic) bond motifs is 2. The number of hydrogen-bond acceptors (Lipinski definition) is 4. The zero-order valence-corrected chi connectivity index (χ0v) is 13.8. The summed E-state index contributed by atoms with van der Waals surface area (Å²) in [6, 6.07) is 2.07. The van der Waals surface area contributed by atoms with E-state index in [0.29, 0.717) is 5.92 Å². The quantitative estimate of drug-likeness (QED) is 0.900. The van der Waals surface area contributed by atoms with Crippen molar-refractivity contribution in [3.8, 4) is 0 Å². The highest BCUT2D eigenvalue weighted by Crippen LogP contribution is 2.48. The second-order valence-corrected chi connectivity index (χ2v) is 7.19. The van der Waals surface area contributed by atoms with Gasteiger partial charge in [0, 0.05) is 32.6 Å². The molecule has 3 rings (SSSR count). The zero-order chi connectivity index (χ0) is 15.0. The summed E-state index contributed by atoms with van der Waals surface area (Å²) >= 11 is 0. The summed E-state index contributed by atoms with van der Waals surface area (Å²) in [5.74, 6) is 6.10. The van der Waals surface area contributed by atoms with E-state index in [2.05, 4.69) is 42.2 Å². The van der Waals surface area contributed by atoms with Crippen molar-refractivity contribution in [1.29, 1.82) is 0 Å². The Kier molecular flexibility index (Phi) is 4.05. The fourth-order valence-electron chi connectivity index (χ4n) is 4.08. The Bertz CT molecular complexity index is 500. The summed E-state index contributed by atoms with van der Waals surface area (Å²) in [5, 5.41) is 3.16. The minimum Gasteiger partial charge on any atom is -0.373 e. The van der Waals surface area contributed by atoms with E-state index in [4.69, 9.17) is 4.98 Å². The lowest BCUT2D eigenvalue weighted by molar-refractivity contribution is 0.337. The molecule has 0 spiro atoms. The Hall–Kier alpha value is -1.32. The molecule has 116 valence electrons. The van der Waals surface area contributed by atoms with Crippen LogP contribution in [0.3, 0.4) is 0 Å². The largest absolute Gasteiger partial charge is 0.373 e. The molecule has 0 amide bonds. The highest BCUT2D eigenvalue weighted by atomic mass is 15.2. The molecule has 4 nitrogen and oxygen atoms in total. The van der Waals surface area contributed by atoms with Crippen molar-refractivity contribution in [2.24, 2.45) is 17.8 Å². The van der Waals surface area contributed by atoms with Gasteiger partial charge in [-0.25, -0.2) is 9.97 Å². The normalized spacial score (nSPS) is 27.4. The summed E-state index contributed by atoms with van der Waals surface area (Å²) in [5.41, 5.74) is 0. The molecule has 2 saturated carbocycles. The number of anilines is 2. The van der Waals surface area contributed by atoms with Gasteiger partial charge < -0.3 is 10.2 Å². The number of nitrogens with zero attached hydrogens (tertiary/aromatic N) is 3. The molecule has 3 atom stereocenters. The molecule has 1 N–H and O–H groups in total. The maximum atomic E-state index is 4.76. The predicted octanol–water partition coefficient (Wildman–Crippen LogP) is 3.51. The number of nitrogens with one attached hydrogen (secondary N) is 1. The molecule has 1 aromatic heterocycles. The van der Waals surface area contributed by atoms with Crippen LogP contribution in [0.15, 0.2) is 6.07 Å². The summed E-state index contributed by atoms with van der Waals surface area (Å²) in [6.07, 6.45) is 5.82. The Morgan fingerprint density at radius 1 is 1.29 bits per heavy atom. The molecular formula is C17H28N4. The molecule has 21 heavy (non-hydrogen) atoms. The first-order valence-electron chi connectivity index (χ1n) is 8.34. The summed E-state index contributed by atoms with van der Waals surface area (Å²) < 4.78 is 0. The van der Waals surface area contributed by atoms with E-state index in [0.717, 1.165) is 41.8 Å². The van der Waals surface area contributed by atoms with Crippen LogP contribution in [0, 0.1) is 17.8 Å². The van der Waals surface area contributed by atoms with E-state index in [1.165, 1.54) is 25.7 Å². The molecule has 1 aromatic rings. The van der Waals surface area contributed by atoms with Crippen molar-refractivity contribution in [2.75, 3.05) is 30.9 Å². The highest BCUT2D eigenvalue weighted by Gasteiger charge is 2.39. The van der Waals surface area contributed by atoms with Gasteiger partial charge in [-0.15, -0.1) is 0 Å². The Labute approximate surface area is 128 Å². The molecule has 0 aliphatic heterocycles. The molecule has 0 aromatic carbocycles. The number of aromatic nitrogens is 2. The second kappa shape index (κ2) is 5.82. The molecule has 2 aliphatic carbocycles. The smallest absolute Gasteiger partial charge is 0.135 e. The standard InChI is InChI=1S/C17H28N4/c1-11(2)17-19-15(18-3)9-16(20-17)21(4)10-14-8-12-5-6-13(14)7-12/h9,11-14H,5-8,10H2,1-4H3,(H,18,19,20). The maximum absolute atomic E-state index is 4.76. The fraction of sp³-hybridized carbons (Fsp3) is 0.765. The molecule has 3 unspecified atom stereocenters. The van der Waals surface area contributed by atoms with Crippen molar-refractivity contribution < 1.29 is 0 Å². The van der Waals surface area contributed by atoms with Crippen molar-refractivity contribution >= 4 is 11.6 Å². The van der Waals surface area contributed by atoms with Gasteiger partial charge in [0.2, 0.25) is 0 Å². The van der Waals surface area contributed by atoms with Crippen molar-refractivity contribution in [3.63, 3.8) is 0 Å². The van der Waals surface area contributed by atoms with Crippen LogP contribution in [0.5, 0.6) is 0 Å². The number of rotatable bonds is 5. The van der Waals surface area contributed by atoms with Gasteiger partial charge in [-0.2, -0.15) is 0 Å². The van der Waals surface area contributed by atoms with Gasteiger partial charge in [-0.05, 0) is 37.0 Å². The molecule has 0 radical (unpaired) electrons. The monoisotopic (exact) mass is 288 g/mol. The zero-order valence-electron chi connectivity index (χ0n) is 13.8. The van der Waals surface area contributed by atoms with E-state index >= 15 is 0 Å². The lowest BCUT2D eigenvalue weighted by atomic mass is 9.88. The first kappa shape index (κ1) is 14.6. The molecule has 2 fully saturated rings. The van der Waals surface area contributed by atoms with Crippen molar-refractivity contribution in [3.05, 3.63) is 11.9 Å². The third kappa shape index (κ3) is 2.99. The SMILES string of the molecule is CNc1cc(N(C)CC2CC3CCC2C3)nc(C(C)C)n1. The third-order valence-corrected chi connectivity index (χ3v) is 5.29. The minimum absolute atomic E-state index is 0.355. The Morgan fingerprint density at radius 2 is 2.10 bits per heavy atom. The summed E-state index contributed by atoms with van der Waals surface area (Å²) in [6.45, 7) is 5.43. The fourth-order valence-corrected chi connectivity index (χ4v) is 4.08. The van der Waals surface area contributed by atoms with Gasteiger partial charge in [0.15, 0.2) is 0 Å². The van der Waals surface area contributed by atoms with E-state index in [9.17, 15) is 0 Å². The van der Waals surface area contributed by atoms with Gasteiger partial charge in [0.05, 0.1) is 0 Å². The van der Waals surface area contributed by atoms with Crippen LogP contribution in [0.4, 0.5) is 11.6 Å². The van der Waals surface area contributed by atoms with Gasteiger partial charge in [-0.1, -0.05) is 20.3 Å². The first-order chi connectivity index (χ1) is 10.1. The van der Waals surface area contributed by atoms with Crippen LogP contribution >= 0.6 is 0 Å². The molecule has 0 saturated heterocycles. The Morgan fingerprint density at radius 3 is 2.67 bits per heavy atom. The molecule has 2 aliphatic rings. The lowest BCUT2D eigenvalue weighted by Crippen LogP contribution is -2.29. The van der Waals surface area contributed by atoms with Crippen LogP contribution in [-0.2, 0) is 0 Å². The van der Waals surface area contributed by atoms with E-state index in [1.54, 1.807) is 0 Å². The number of hydrogen-bond donors (Lipinski definition) is 1. The van der Waals surface area contributed by atoms with Gasteiger partial charge in [0.1, 0.15) is 17.5 Å². The maximum Gasteiger partial charge on any atom is 0.135 e. The molecule has 4 heteroatoms. The van der Waals surface area contributed by atoms with Gasteiger partial charge >= 0.3 is 0 Å². The average molecular weight is 288 g/mol. The molecule has 1 heterocycles. The van der Waals surface area contributed by atoms with E-state index < -0.39 is 0 Å². The third-order valence-electron chi connectivity index (χ3n) is 5.29. The predicted molar refractivity (Wildman–Crippen MR) is 87.9 cm³/mol. The van der Waals surface area contributed by atoms with Crippen LogP contribution in [-0.4, -0.2) is 30.6 Å². The molecule has 2 bridgehead atoms. The van der Waals surface area contributed by atoms with Crippen LogP contribution in [0.2, 0.25) is 0 Å². The van der Waals surface area contributed by atoms with Crippen LogP contribution in [0.1, 0.15) is 51.3 Å². The van der Waals surface area contributed by atoms with Crippen LogP contribution < -0.4 is 10.2 Å². The second-order valence-electron chi connectivity index (χ2n) is 7.19. The van der Waals surface area contributed by atoms with Crippen molar-refractivity contribution in [2.45, 2.75) is 45.4 Å². The van der Waals surface area contributed by atoms with E-state index in [-0.39, 0.29) is 0 Å². The first-order valence-corrected chi connectivity index (χ1v) is 8.34. The highest BCUT2D eigenvalue weighted by molar-refractivity contribution is 5.49. The molecular weight excluding hydrogens is 260 g/mol. The average Bonchev–Trinajstić information content (AvgIpc) is 3.09. The van der Waals surface area contributed by atoms with Crippen LogP contribution in [0.25, 0.3) is 0 Å². The van der Waals surface area contributed by atoms with E-state index in [1.807, 2.05) is 7.05 Å². The summed E-state index contributed by atoms with van der Waals surface area (Å²) in [4.78, 5) is 11.6. The Balaban J connectivity index is 1.74. The summed E-state index contributed by atoms with van der Waals surface area (Å²) in [7, 11) is 4.10. The minimum atomic E-state index is 0.355. The van der Waals surface area contributed by atoms with Crippen molar-refractivity contribution in [1.82, 2.24) is 9.97 Å².